The fourth-order valence-corrected chi connectivity index (χ4v) is 1.73. The highest BCUT2D eigenvalue weighted by atomic mass is 32.3. The summed E-state index contributed by atoms with van der Waals surface area (Å²) in [6, 6.07) is 5.75. The summed E-state index contributed by atoms with van der Waals surface area (Å²) < 4.78 is 31.6. The Morgan fingerprint density at radius 3 is 2.24 bits per heavy atom. The number of aryl methyl sites for hydroxylation is 2. The molecule has 1 aliphatic rings. The topological polar surface area (TPSA) is 118 Å². The molecular formula is C10H13NO5S. The molecular weight excluding hydrogens is 246 g/mol. The molecule has 0 atom stereocenters. The summed E-state index contributed by atoms with van der Waals surface area (Å²) >= 11 is 0. The molecule has 0 fully saturated rings. The van der Waals surface area contributed by atoms with E-state index >= 15 is 0 Å². The van der Waals surface area contributed by atoms with Crippen molar-refractivity contribution in [3.05, 3.63) is 34.9 Å². The van der Waals surface area contributed by atoms with Crippen LogP contribution in [-0.4, -0.2) is 23.4 Å². The van der Waals surface area contributed by atoms with Crippen LogP contribution >= 0.6 is 0 Å². The van der Waals surface area contributed by atoms with Crippen molar-refractivity contribution in [1.29, 1.82) is 0 Å². The monoisotopic (exact) mass is 259 g/mol. The number of amides is 1. The van der Waals surface area contributed by atoms with Crippen molar-refractivity contribution in [2.75, 3.05) is 0 Å². The lowest BCUT2D eigenvalue weighted by atomic mass is 10.1. The zero-order chi connectivity index (χ0) is 13.1. The number of nitrogens with two attached hydrogens (primary N) is 1. The number of rotatable bonds is 1. The van der Waals surface area contributed by atoms with Crippen LogP contribution in [0, 0.1) is 0 Å². The Labute approximate surface area is 99.0 Å². The highest BCUT2D eigenvalue weighted by molar-refractivity contribution is 7.79. The number of carbonyl (C=O) groups is 1. The molecule has 1 aromatic rings. The Kier molecular flexibility index (Phi) is 4.22. The molecule has 4 N–H and O–H groups in total. The van der Waals surface area contributed by atoms with E-state index in [2.05, 4.69) is 0 Å². The van der Waals surface area contributed by atoms with Crippen LogP contribution in [0.5, 0.6) is 0 Å². The first-order valence-electron chi connectivity index (χ1n) is 4.89. The van der Waals surface area contributed by atoms with Gasteiger partial charge in [-0.3, -0.25) is 13.9 Å². The molecule has 1 aliphatic carbocycles. The van der Waals surface area contributed by atoms with Gasteiger partial charge in [-0.25, -0.2) is 0 Å². The molecule has 0 aliphatic heterocycles. The lowest BCUT2D eigenvalue weighted by Crippen LogP contribution is -2.11. The Balaban J connectivity index is 0.000000249. The second-order valence-corrected chi connectivity index (χ2v) is 4.54. The van der Waals surface area contributed by atoms with Gasteiger partial charge in [0.2, 0.25) is 5.91 Å². The number of carbonyl (C=O) groups excluding carboxylic acids is 1. The van der Waals surface area contributed by atoms with Crippen LogP contribution in [0.1, 0.15) is 27.9 Å². The van der Waals surface area contributed by atoms with Crippen LogP contribution in [-0.2, 0) is 23.2 Å². The fourth-order valence-electron chi connectivity index (χ4n) is 1.73. The second kappa shape index (κ2) is 5.26. The normalized spacial score (nSPS) is 13.5. The number of primary amides is 1. The molecule has 0 saturated carbocycles. The first-order chi connectivity index (χ1) is 7.77. The van der Waals surface area contributed by atoms with Gasteiger partial charge < -0.3 is 5.73 Å². The zero-order valence-corrected chi connectivity index (χ0v) is 9.77. The van der Waals surface area contributed by atoms with Gasteiger partial charge >= 0.3 is 10.4 Å². The SMILES string of the molecule is NC(=O)c1ccc2c(c1)CCC2.O=S(=O)(O)O. The van der Waals surface area contributed by atoms with Crippen molar-refractivity contribution in [3.8, 4) is 0 Å². The summed E-state index contributed by atoms with van der Waals surface area (Å²) in [6.07, 6.45) is 3.45. The maximum Gasteiger partial charge on any atom is 0.394 e. The van der Waals surface area contributed by atoms with E-state index in [0.29, 0.717) is 5.56 Å². The van der Waals surface area contributed by atoms with Crippen LogP contribution in [0.4, 0.5) is 0 Å². The minimum absolute atomic E-state index is 0.329. The predicted molar refractivity (Wildman–Crippen MR) is 61.2 cm³/mol. The molecule has 0 unspecified atom stereocenters. The molecule has 0 saturated heterocycles. The lowest BCUT2D eigenvalue weighted by Gasteiger charge is -2.00. The molecule has 0 spiro atoms. The van der Waals surface area contributed by atoms with Gasteiger partial charge in [0.15, 0.2) is 0 Å². The van der Waals surface area contributed by atoms with Gasteiger partial charge in [0, 0.05) is 5.56 Å². The van der Waals surface area contributed by atoms with Gasteiger partial charge in [0.05, 0.1) is 0 Å². The van der Waals surface area contributed by atoms with E-state index in [1.54, 1.807) is 0 Å². The van der Waals surface area contributed by atoms with Gasteiger partial charge in [-0.15, -0.1) is 0 Å². The molecule has 0 bridgehead atoms. The van der Waals surface area contributed by atoms with Gasteiger partial charge in [0.25, 0.3) is 0 Å². The smallest absolute Gasteiger partial charge is 0.366 e. The first-order valence-corrected chi connectivity index (χ1v) is 6.28. The fraction of sp³-hybridized carbons (Fsp3) is 0.300. The first kappa shape index (κ1) is 13.6. The van der Waals surface area contributed by atoms with E-state index in [1.807, 2.05) is 18.2 Å². The number of hydrogen-bond acceptors (Lipinski definition) is 3. The van der Waals surface area contributed by atoms with Gasteiger partial charge in [-0.2, -0.15) is 8.42 Å². The summed E-state index contributed by atoms with van der Waals surface area (Å²) in [6.45, 7) is 0. The second-order valence-electron chi connectivity index (χ2n) is 3.65. The highest BCUT2D eigenvalue weighted by Gasteiger charge is 2.11. The van der Waals surface area contributed by atoms with Crippen LogP contribution in [0.3, 0.4) is 0 Å². The van der Waals surface area contributed by atoms with E-state index in [4.69, 9.17) is 23.3 Å². The quantitative estimate of drug-likeness (QED) is 0.639. The molecule has 6 nitrogen and oxygen atoms in total. The predicted octanol–water partition coefficient (Wildman–Crippen LogP) is 0.621. The number of fused-ring (bicyclic) bond motifs is 1. The zero-order valence-electron chi connectivity index (χ0n) is 8.96. The van der Waals surface area contributed by atoms with Crippen LogP contribution in [0.15, 0.2) is 18.2 Å². The average Bonchev–Trinajstić information content (AvgIpc) is 2.60. The Morgan fingerprint density at radius 1 is 1.18 bits per heavy atom. The summed E-state index contributed by atoms with van der Waals surface area (Å²) in [5, 5.41) is 0. The molecule has 1 aromatic carbocycles. The van der Waals surface area contributed by atoms with Gasteiger partial charge in [-0.1, -0.05) is 6.07 Å². The van der Waals surface area contributed by atoms with Gasteiger partial charge in [0.1, 0.15) is 0 Å². The maximum atomic E-state index is 10.8. The minimum Gasteiger partial charge on any atom is -0.366 e. The summed E-state index contributed by atoms with van der Waals surface area (Å²) in [5.74, 6) is -0.329. The number of hydrogen-bond donors (Lipinski definition) is 3. The van der Waals surface area contributed by atoms with E-state index in [-0.39, 0.29) is 5.91 Å². The molecule has 7 heteroatoms. The standard InChI is InChI=1S/C10H11NO.H2O4S/c11-10(12)9-5-4-7-2-1-3-8(7)6-9;1-5(2,3)4/h4-6H,1-3H2,(H2,11,12);(H2,1,2,3,4). The molecule has 1 amide bonds. The van der Waals surface area contributed by atoms with Crippen molar-refractivity contribution in [2.45, 2.75) is 19.3 Å². The Hall–Kier alpha value is -1.44. The van der Waals surface area contributed by atoms with Crippen molar-refractivity contribution in [2.24, 2.45) is 5.73 Å². The van der Waals surface area contributed by atoms with E-state index < -0.39 is 10.4 Å². The molecule has 0 aromatic heterocycles. The number of benzene rings is 1. The Morgan fingerprint density at radius 2 is 1.71 bits per heavy atom. The van der Waals surface area contributed by atoms with Crippen LogP contribution in [0.25, 0.3) is 0 Å². The summed E-state index contributed by atoms with van der Waals surface area (Å²) in [5.41, 5.74) is 8.48. The molecule has 94 valence electrons. The van der Waals surface area contributed by atoms with Crippen LogP contribution < -0.4 is 5.73 Å². The van der Waals surface area contributed by atoms with Crippen molar-refractivity contribution in [3.63, 3.8) is 0 Å². The lowest BCUT2D eigenvalue weighted by molar-refractivity contribution is 0.1000. The molecule has 2 rings (SSSR count). The highest BCUT2D eigenvalue weighted by Crippen LogP contribution is 2.22. The maximum absolute atomic E-state index is 10.8. The Bertz CT molecular complexity index is 515. The minimum atomic E-state index is -4.67. The van der Waals surface area contributed by atoms with Crippen molar-refractivity contribution >= 4 is 16.3 Å². The third-order valence-corrected chi connectivity index (χ3v) is 2.38. The van der Waals surface area contributed by atoms with Gasteiger partial charge in [-0.05, 0) is 42.5 Å². The average molecular weight is 259 g/mol. The van der Waals surface area contributed by atoms with E-state index in [9.17, 15) is 4.79 Å². The largest absolute Gasteiger partial charge is 0.394 e. The van der Waals surface area contributed by atoms with E-state index in [0.717, 1.165) is 12.8 Å². The third kappa shape index (κ3) is 4.94. The van der Waals surface area contributed by atoms with E-state index in [1.165, 1.54) is 17.5 Å². The van der Waals surface area contributed by atoms with Crippen molar-refractivity contribution < 1.29 is 22.3 Å². The molecule has 0 heterocycles. The third-order valence-electron chi connectivity index (χ3n) is 2.38. The summed E-state index contributed by atoms with van der Waals surface area (Å²) in [4.78, 5) is 10.8. The summed E-state index contributed by atoms with van der Waals surface area (Å²) in [7, 11) is -4.67. The van der Waals surface area contributed by atoms with Crippen LogP contribution in [0.2, 0.25) is 0 Å². The molecule has 0 radical (unpaired) electrons. The van der Waals surface area contributed by atoms with Crippen molar-refractivity contribution in [1.82, 2.24) is 0 Å². The molecule has 17 heavy (non-hydrogen) atoms.